The highest BCUT2D eigenvalue weighted by Crippen LogP contribution is 2.31. The minimum Gasteiger partial charge on any atom is -0.309 e. The van der Waals surface area contributed by atoms with Gasteiger partial charge in [0.25, 0.3) is 5.56 Å². The van der Waals surface area contributed by atoms with E-state index in [2.05, 4.69) is 27.1 Å². The number of para-hydroxylation sites is 1. The Balaban J connectivity index is 1.49. The van der Waals surface area contributed by atoms with Crippen LogP contribution < -0.4 is 5.56 Å². The molecule has 0 bridgehead atoms. The molecule has 1 fully saturated rings. The summed E-state index contributed by atoms with van der Waals surface area (Å²) in [6.07, 6.45) is 1.58. The molecule has 0 saturated carbocycles. The van der Waals surface area contributed by atoms with Crippen LogP contribution in [0.2, 0.25) is 5.02 Å². The predicted molar refractivity (Wildman–Crippen MR) is 121 cm³/mol. The van der Waals surface area contributed by atoms with Crippen LogP contribution in [0.3, 0.4) is 0 Å². The first-order valence-corrected chi connectivity index (χ1v) is 11.3. The summed E-state index contributed by atoms with van der Waals surface area (Å²) in [5, 5.41) is 5.62. The van der Waals surface area contributed by atoms with E-state index >= 15 is 0 Å². The number of hydrogen-bond acceptors (Lipinski definition) is 5. The lowest BCUT2D eigenvalue weighted by molar-refractivity contribution is 0.207. The molecule has 5 rings (SSSR count). The standard InChI is InChI=1S/C22H20ClN5OS/c23-16-8-6-15(7-9-16)19-14-30-11-10-27(19)13-20-25-21-18(22(29)26-20)12-24-28(21)17-4-2-1-3-5-17/h1-9,12,19H,10-11,13-14H2,(H,25,26,29). The first kappa shape index (κ1) is 19.4. The van der Waals surface area contributed by atoms with Crippen LogP contribution in [0, 0.1) is 0 Å². The van der Waals surface area contributed by atoms with Gasteiger partial charge in [-0.15, -0.1) is 0 Å². The molecule has 30 heavy (non-hydrogen) atoms. The summed E-state index contributed by atoms with van der Waals surface area (Å²) in [4.78, 5) is 22.8. The molecule has 2 aromatic heterocycles. The molecule has 6 nitrogen and oxygen atoms in total. The molecule has 0 spiro atoms. The second-order valence-corrected chi connectivity index (χ2v) is 8.84. The fourth-order valence-corrected chi connectivity index (χ4v) is 5.09. The lowest BCUT2D eigenvalue weighted by atomic mass is 10.1. The molecule has 8 heteroatoms. The monoisotopic (exact) mass is 437 g/mol. The Labute approximate surface area is 182 Å². The number of aromatic amines is 1. The number of fused-ring (bicyclic) bond motifs is 1. The van der Waals surface area contributed by atoms with Crippen LogP contribution >= 0.6 is 23.4 Å². The molecule has 152 valence electrons. The predicted octanol–water partition coefficient (Wildman–Crippen LogP) is 4.05. The zero-order valence-corrected chi connectivity index (χ0v) is 17.7. The van der Waals surface area contributed by atoms with Crippen LogP contribution in [0.15, 0.2) is 65.6 Å². The third-order valence-electron chi connectivity index (χ3n) is 5.33. The van der Waals surface area contributed by atoms with Crippen LogP contribution in [0.1, 0.15) is 17.4 Å². The normalized spacial score (nSPS) is 17.4. The third-order valence-corrected chi connectivity index (χ3v) is 6.61. The van der Waals surface area contributed by atoms with Crippen LogP contribution in [-0.2, 0) is 6.54 Å². The number of thioether (sulfide) groups is 1. The molecule has 4 aromatic rings. The molecule has 1 atom stereocenters. The Morgan fingerprint density at radius 1 is 1.13 bits per heavy atom. The molecular formula is C22H20ClN5OS. The van der Waals surface area contributed by atoms with Gasteiger partial charge in [-0.25, -0.2) is 9.67 Å². The Bertz CT molecular complexity index is 1220. The van der Waals surface area contributed by atoms with Gasteiger partial charge in [0.1, 0.15) is 11.2 Å². The van der Waals surface area contributed by atoms with E-state index in [0.717, 1.165) is 28.8 Å². The van der Waals surface area contributed by atoms with Crippen molar-refractivity contribution < 1.29 is 0 Å². The van der Waals surface area contributed by atoms with E-state index in [1.165, 1.54) is 5.56 Å². The van der Waals surface area contributed by atoms with Gasteiger partial charge in [0.2, 0.25) is 0 Å². The number of nitrogens with zero attached hydrogens (tertiary/aromatic N) is 4. The van der Waals surface area contributed by atoms with Crippen molar-refractivity contribution in [2.45, 2.75) is 12.6 Å². The summed E-state index contributed by atoms with van der Waals surface area (Å²) < 4.78 is 1.72. The van der Waals surface area contributed by atoms with Gasteiger partial charge in [-0.3, -0.25) is 9.69 Å². The van der Waals surface area contributed by atoms with E-state index < -0.39 is 0 Å². The van der Waals surface area contributed by atoms with E-state index in [1.807, 2.05) is 54.2 Å². The number of rotatable bonds is 4. The number of H-pyrrole nitrogens is 1. The van der Waals surface area contributed by atoms with Crippen molar-refractivity contribution in [1.82, 2.24) is 24.6 Å². The van der Waals surface area contributed by atoms with Crippen molar-refractivity contribution >= 4 is 34.4 Å². The molecule has 0 amide bonds. The van der Waals surface area contributed by atoms with Crippen molar-refractivity contribution in [3.63, 3.8) is 0 Å². The van der Waals surface area contributed by atoms with Crippen molar-refractivity contribution in [3.05, 3.63) is 87.6 Å². The van der Waals surface area contributed by atoms with Crippen LogP contribution in [0.25, 0.3) is 16.7 Å². The third kappa shape index (κ3) is 3.76. The van der Waals surface area contributed by atoms with Gasteiger partial charge in [-0.2, -0.15) is 16.9 Å². The minimum absolute atomic E-state index is 0.161. The van der Waals surface area contributed by atoms with Gasteiger partial charge >= 0.3 is 0 Å². The van der Waals surface area contributed by atoms with E-state index in [-0.39, 0.29) is 11.6 Å². The molecule has 1 N–H and O–H groups in total. The summed E-state index contributed by atoms with van der Waals surface area (Å²) in [5.74, 6) is 2.70. The van der Waals surface area contributed by atoms with Gasteiger partial charge in [0, 0.05) is 29.1 Å². The molecule has 1 unspecified atom stereocenters. The number of aromatic nitrogens is 4. The van der Waals surface area contributed by atoms with Crippen molar-refractivity contribution in [2.75, 3.05) is 18.1 Å². The van der Waals surface area contributed by atoms with Gasteiger partial charge in [-0.1, -0.05) is 41.9 Å². The maximum atomic E-state index is 12.7. The molecular weight excluding hydrogens is 418 g/mol. The van der Waals surface area contributed by atoms with Gasteiger partial charge < -0.3 is 4.98 Å². The summed E-state index contributed by atoms with van der Waals surface area (Å²) in [7, 11) is 0. The smallest absolute Gasteiger partial charge is 0.262 e. The first-order valence-electron chi connectivity index (χ1n) is 9.78. The maximum absolute atomic E-state index is 12.7. The largest absolute Gasteiger partial charge is 0.309 e. The second-order valence-electron chi connectivity index (χ2n) is 7.25. The lowest BCUT2D eigenvalue weighted by Gasteiger charge is -2.35. The topological polar surface area (TPSA) is 66.8 Å². The molecule has 1 aliphatic heterocycles. The fraction of sp³-hybridized carbons (Fsp3) is 0.227. The highest BCUT2D eigenvalue weighted by atomic mass is 35.5. The number of nitrogens with one attached hydrogen (secondary N) is 1. The van der Waals surface area contributed by atoms with Crippen LogP contribution in [0.4, 0.5) is 0 Å². The average molecular weight is 438 g/mol. The van der Waals surface area contributed by atoms with Crippen LogP contribution in [0.5, 0.6) is 0 Å². The Morgan fingerprint density at radius 3 is 2.73 bits per heavy atom. The molecule has 0 radical (unpaired) electrons. The molecule has 2 aromatic carbocycles. The highest BCUT2D eigenvalue weighted by molar-refractivity contribution is 7.99. The number of hydrogen-bond donors (Lipinski definition) is 1. The summed E-state index contributed by atoms with van der Waals surface area (Å²) in [6, 6.07) is 18.0. The fourth-order valence-electron chi connectivity index (χ4n) is 3.81. The maximum Gasteiger partial charge on any atom is 0.262 e. The van der Waals surface area contributed by atoms with E-state index in [0.29, 0.717) is 23.4 Å². The summed E-state index contributed by atoms with van der Waals surface area (Å²) in [6.45, 7) is 1.50. The zero-order chi connectivity index (χ0) is 20.5. The van der Waals surface area contributed by atoms with Gasteiger partial charge in [-0.05, 0) is 29.8 Å². The number of benzene rings is 2. The summed E-state index contributed by atoms with van der Waals surface area (Å²) in [5.41, 5.74) is 2.52. The molecule has 1 aliphatic rings. The van der Waals surface area contributed by atoms with E-state index in [9.17, 15) is 4.79 Å². The van der Waals surface area contributed by atoms with Crippen molar-refractivity contribution in [2.24, 2.45) is 0 Å². The summed E-state index contributed by atoms with van der Waals surface area (Å²) >= 11 is 8.01. The second kappa shape index (κ2) is 8.26. The van der Waals surface area contributed by atoms with Gasteiger partial charge in [0.05, 0.1) is 18.4 Å². The first-order chi connectivity index (χ1) is 14.7. The Hall–Kier alpha value is -2.61. The highest BCUT2D eigenvalue weighted by Gasteiger charge is 2.25. The Kier molecular flexibility index (Phi) is 5.33. The molecule has 3 heterocycles. The lowest BCUT2D eigenvalue weighted by Crippen LogP contribution is -2.36. The number of halogens is 1. The van der Waals surface area contributed by atoms with Gasteiger partial charge in [0.15, 0.2) is 5.65 Å². The molecule has 1 saturated heterocycles. The Morgan fingerprint density at radius 2 is 1.93 bits per heavy atom. The van der Waals surface area contributed by atoms with E-state index in [4.69, 9.17) is 16.6 Å². The van der Waals surface area contributed by atoms with Crippen LogP contribution in [-0.4, -0.2) is 42.7 Å². The van der Waals surface area contributed by atoms with E-state index in [1.54, 1.807) is 10.9 Å². The quantitative estimate of drug-likeness (QED) is 0.521. The average Bonchev–Trinajstić information content (AvgIpc) is 3.20. The molecule has 0 aliphatic carbocycles. The van der Waals surface area contributed by atoms with Crippen molar-refractivity contribution in [3.8, 4) is 5.69 Å². The SMILES string of the molecule is O=c1[nH]c(CN2CCSCC2c2ccc(Cl)cc2)nc2c1cnn2-c1ccccc1. The minimum atomic E-state index is -0.161. The van der Waals surface area contributed by atoms with Crippen molar-refractivity contribution in [1.29, 1.82) is 0 Å². The zero-order valence-electron chi connectivity index (χ0n) is 16.2.